The summed E-state index contributed by atoms with van der Waals surface area (Å²) in [6, 6.07) is -0.933. The third-order valence-electron chi connectivity index (χ3n) is 2.17. The minimum Gasteiger partial charge on any atom is -0.480 e. The molecule has 6 heteroatoms. The molecule has 0 radical (unpaired) electrons. The third-order valence-corrected chi connectivity index (χ3v) is 2.17. The summed E-state index contributed by atoms with van der Waals surface area (Å²) in [7, 11) is 0. The molecule has 88 valence electrons. The Morgan fingerprint density at radius 3 is 2.50 bits per heavy atom. The largest absolute Gasteiger partial charge is 0.480 e. The Labute approximate surface area is 92.7 Å². The van der Waals surface area contributed by atoms with Crippen LogP contribution in [0, 0.1) is 12.8 Å². The second kappa shape index (κ2) is 4.78. The molecule has 0 saturated heterocycles. The second-order valence-corrected chi connectivity index (χ2v) is 3.80. The molecule has 0 fully saturated rings. The zero-order valence-corrected chi connectivity index (χ0v) is 9.35. The van der Waals surface area contributed by atoms with Crippen molar-refractivity contribution < 1.29 is 19.1 Å². The van der Waals surface area contributed by atoms with E-state index in [0.29, 0.717) is 5.69 Å². The maximum Gasteiger partial charge on any atom is 0.326 e. The third kappa shape index (κ3) is 2.59. The molecule has 0 aliphatic heterocycles. The monoisotopic (exact) mass is 226 g/mol. The number of aromatic nitrogens is 1. The average Bonchev–Trinajstić information content (AvgIpc) is 2.59. The number of hydrogen-bond donors (Lipinski definition) is 2. The van der Waals surface area contributed by atoms with E-state index in [2.05, 4.69) is 10.3 Å². The maximum atomic E-state index is 11.6. The number of aryl methyl sites for hydroxylation is 1. The number of hydrogen-bond acceptors (Lipinski definition) is 4. The van der Waals surface area contributed by atoms with Crippen molar-refractivity contribution in [2.75, 3.05) is 0 Å². The summed E-state index contributed by atoms with van der Waals surface area (Å²) in [4.78, 5) is 26.3. The van der Waals surface area contributed by atoms with Crippen molar-refractivity contribution in [3.63, 3.8) is 0 Å². The lowest BCUT2D eigenvalue weighted by Crippen LogP contribution is -2.44. The molecule has 0 aliphatic carbocycles. The molecular weight excluding hydrogens is 212 g/mol. The van der Waals surface area contributed by atoms with E-state index in [1.807, 2.05) is 0 Å². The van der Waals surface area contributed by atoms with E-state index in [4.69, 9.17) is 9.52 Å². The average molecular weight is 226 g/mol. The number of carboxylic acids is 1. The van der Waals surface area contributed by atoms with Crippen LogP contribution in [0.15, 0.2) is 10.8 Å². The van der Waals surface area contributed by atoms with E-state index < -0.39 is 17.9 Å². The Bertz CT molecular complexity index is 397. The lowest BCUT2D eigenvalue weighted by molar-refractivity contribution is -0.140. The van der Waals surface area contributed by atoms with Gasteiger partial charge in [0.25, 0.3) is 5.91 Å². The van der Waals surface area contributed by atoms with Gasteiger partial charge in [-0.3, -0.25) is 4.79 Å². The van der Waals surface area contributed by atoms with Crippen LogP contribution in [0.25, 0.3) is 0 Å². The van der Waals surface area contributed by atoms with Gasteiger partial charge in [0.1, 0.15) is 6.04 Å². The first-order valence-corrected chi connectivity index (χ1v) is 4.87. The molecule has 6 nitrogen and oxygen atoms in total. The minimum absolute atomic E-state index is 0.0481. The second-order valence-electron chi connectivity index (χ2n) is 3.80. The number of carboxylic acid groups (broad SMARTS) is 1. The van der Waals surface area contributed by atoms with E-state index in [1.54, 1.807) is 20.8 Å². The molecule has 0 bridgehead atoms. The van der Waals surface area contributed by atoms with Gasteiger partial charge in [-0.15, -0.1) is 0 Å². The number of oxazole rings is 1. The summed E-state index contributed by atoms with van der Waals surface area (Å²) in [6.07, 6.45) is 1.15. The van der Waals surface area contributed by atoms with Crippen molar-refractivity contribution in [2.45, 2.75) is 26.8 Å². The molecule has 1 amide bonds. The number of aliphatic carboxylic acids is 1. The smallest absolute Gasteiger partial charge is 0.326 e. The van der Waals surface area contributed by atoms with E-state index in [-0.39, 0.29) is 11.7 Å². The SMILES string of the molecule is Cc1ncoc1C(=O)N[C@H](C(=O)O)C(C)C. The van der Waals surface area contributed by atoms with Crippen LogP contribution in [0.4, 0.5) is 0 Å². The van der Waals surface area contributed by atoms with Crippen LogP contribution >= 0.6 is 0 Å². The zero-order chi connectivity index (χ0) is 12.3. The fourth-order valence-electron chi connectivity index (χ4n) is 1.24. The van der Waals surface area contributed by atoms with Gasteiger partial charge in [-0.25, -0.2) is 9.78 Å². The molecule has 0 aromatic carbocycles. The van der Waals surface area contributed by atoms with Crippen molar-refractivity contribution in [2.24, 2.45) is 5.92 Å². The molecule has 0 spiro atoms. The maximum absolute atomic E-state index is 11.6. The van der Waals surface area contributed by atoms with Crippen molar-refractivity contribution in [1.82, 2.24) is 10.3 Å². The lowest BCUT2D eigenvalue weighted by Gasteiger charge is -2.16. The lowest BCUT2D eigenvalue weighted by atomic mass is 10.0. The van der Waals surface area contributed by atoms with E-state index in [0.717, 1.165) is 6.39 Å². The van der Waals surface area contributed by atoms with Gasteiger partial charge < -0.3 is 14.8 Å². The van der Waals surface area contributed by atoms with Gasteiger partial charge in [0.15, 0.2) is 6.39 Å². The van der Waals surface area contributed by atoms with Gasteiger partial charge in [-0.2, -0.15) is 0 Å². The number of amides is 1. The Hall–Kier alpha value is -1.85. The molecule has 1 heterocycles. The normalized spacial score (nSPS) is 12.5. The first kappa shape index (κ1) is 12.2. The van der Waals surface area contributed by atoms with Gasteiger partial charge in [0, 0.05) is 0 Å². The molecule has 0 unspecified atom stereocenters. The quantitative estimate of drug-likeness (QED) is 0.792. The minimum atomic E-state index is -1.07. The Morgan fingerprint density at radius 2 is 2.12 bits per heavy atom. The van der Waals surface area contributed by atoms with Crippen molar-refractivity contribution >= 4 is 11.9 Å². The number of nitrogens with zero attached hydrogens (tertiary/aromatic N) is 1. The van der Waals surface area contributed by atoms with E-state index in [1.165, 1.54) is 0 Å². The highest BCUT2D eigenvalue weighted by Gasteiger charge is 2.25. The summed E-state index contributed by atoms with van der Waals surface area (Å²) in [6.45, 7) is 5.04. The number of carbonyl (C=O) groups excluding carboxylic acids is 1. The summed E-state index contributed by atoms with van der Waals surface area (Å²) in [5, 5.41) is 11.3. The van der Waals surface area contributed by atoms with Gasteiger partial charge in [-0.05, 0) is 12.8 Å². The Kier molecular flexibility index (Phi) is 3.65. The van der Waals surface area contributed by atoms with E-state index >= 15 is 0 Å². The standard InChI is InChI=1S/C10H14N2O4/c1-5(2)7(10(14)15)12-9(13)8-6(3)11-4-16-8/h4-5,7H,1-3H3,(H,12,13)(H,14,15)/t7-/m0/s1. The Balaban J connectivity index is 2.77. The van der Waals surface area contributed by atoms with Crippen LogP contribution in [-0.2, 0) is 4.79 Å². The first-order chi connectivity index (χ1) is 7.43. The number of nitrogens with one attached hydrogen (secondary N) is 1. The highest BCUT2D eigenvalue weighted by atomic mass is 16.4. The van der Waals surface area contributed by atoms with Crippen LogP contribution in [0.5, 0.6) is 0 Å². The van der Waals surface area contributed by atoms with Crippen LogP contribution in [0.1, 0.15) is 30.1 Å². The summed E-state index contributed by atoms with van der Waals surface area (Å²) in [5.41, 5.74) is 0.436. The zero-order valence-electron chi connectivity index (χ0n) is 9.35. The predicted octanol–water partition coefficient (Wildman–Crippen LogP) is 0.822. The van der Waals surface area contributed by atoms with Crippen LogP contribution in [-0.4, -0.2) is 28.0 Å². The molecule has 1 aromatic heterocycles. The molecule has 1 aromatic rings. The fraction of sp³-hybridized carbons (Fsp3) is 0.500. The molecule has 1 rings (SSSR count). The van der Waals surface area contributed by atoms with Gasteiger partial charge in [0.2, 0.25) is 5.76 Å². The molecule has 16 heavy (non-hydrogen) atoms. The molecule has 0 saturated carbocycles. The van der Waals surface area contributed by atoms with Crippen molar-refractivity contribution in [1.29, 1.82) is 0 Å². The highest BCUT2D eigenvalue weighted by molar-refractivity contribution is 5.95. The summed E-state index contributed by atoms with van der Waals surface area (Å²) < 4.78 is 4.87. The van der Waals surface area contributed by atoms with Crippen LogP contribution in [0.3, 0.4) is 0 Å². The first-order valence-electron chi connectivity index (χ1n) is 4.87. The molecule has 2 N–H and O–H groups in total. The highest BCUT2D eigenvalue weighted by Crippen LogP contribution is 2.07. The van der Waals surface area contributed by atoms with Gasteiger partial charge in [-0.1, -0.05) is 13.8 Å². The van der Waals surface area contributed by atoms with E-state index in [9.17, 15) is 9.59 Å². The molecular formula is C10H14N2O4. The molecule has 1 atom stereocenters. The van der Waals surface area contributed by atoms with Gasteiger partial charge >= 0.3 is 5.97 Å². The van der Waals surface area contributed by atoms with Crippen LogP contribution < -0.4 is 5.32 Å². The number of carbonyl (C=O) groups is 2. The topological polar surface area (TPSA) is 92.4 Å². The fourth-order valence-corrected chi connectivity index (χ4v) is 1.24. The van der Waals surface area contributed by atoms with Crippen molar-refractivity contribution in [3.8, 4) is 0 Å². The summed E-state index contributed by atoms with van der Waals surface area (Å²) in [5.74, 6) is -1.78. The number of rotatable bonds is 4. The van der Waals surface area contributed by atoms with Gasteiger partial charge in [0.05, 0.1) is 5.69 Å². The molecule has 0 aliphatic rings. The Morgan fingerprint density at radius 1 is 1.50 bits per heavy atom. The van der Waals surface area contributed by atoms with Crippen LogP contribution in [0.2, 0.25) is 0 Å². The summed E-state index contributed by atoms with van der Waals surface area (Å²) >= 11 is 0. The van der Waals surface area contributed by atoms with Crippen molar-refractivity contribution in [3.05, 3.63) is 17.8 Å². The predicted molar refractivity (Wildman–Crippen MR) is 55.0 cm³/mol.